The van der Waals surface area contributed by atoms with Crippen molar-refractivity contribution in [2.75, 3.05) is 6.61 Å². The van der Waals surface area contributed by atoms with Crippen LogP contribution in [0, 0.1) is 0 Å². The van der Waals surface area contributed by atoms with Crippen molar-refractivity contribution in [2.45, 2.75) is 109 Å². The standard InChI is InChI=1S/C26H39NO3/c1-2-3-4-13-20-30-26(29)24-19-12-11-18-23(24)25(28)27(21-14-7-5-8-15-21)22-16-9-6-10-17-22/h11-12,18-19,21-22H,2-10,13-17,20H2,1H3. The van der Waals surface area contributed by atoms with Crippen molar-refractivity contribution >= 4 is 11.9 Å². The van der Waals surface area contributed by atoms with Crippen molar-refractivity contribution in [2.24, 2.45) is 0 Å². The Kier molecular flexibility index (Phi) is 9.23. The number of ether oxygens (including phenoxy) is 1. The maximum absolute atomic E-state index is 13.8. The van der Waals surface area contributed by atoms with Crippen LogP contribution in [0.15, 0.2) is 24.3 Å². The van der Waals surface area contributed by atoms with Crippen molar-refractivity contribution in [3.8, 4) is 0 Å². The van der Waals surface area contributed by atoms with Crippen LogP contribution in [-0.4, -0.2) is 35.5 Å². The highest BCUT2D eigenvalue weighted by Crippen LogP contribution is 2.32. The van der Waals surface area contributed by atoms with Gasteiger partial charge in [-0.05, 0) is 44.2 Å². The van der Waals surface area contributed by atoms with Gasteiger partial charge in [0.1, 0.15) is 0 Å². The first-order valence-corrected chi connectivity index (χ1v) is 12.3. The van der Waals surface area contributed by atoms with E-state index in [2.05, 4.69) is 11.8 Å². The molecule has 2 saturated carbocycles. The molecule has 2 fully saturated rings. The van der Waals surface area contributed by atoms with E-state index in [1.807, 2.05) is 18.2 Å². The smallest absolute Gasteiger partial charge is 0.338 e. The fourth-order valence-corrected chi connectivity index (χ4v) is 5.11. The number of esters is 1. The van der Waals surface area contributed by atoms with Gasteiger partial charge in [-0.15, -0.1) is 0 Å². The Morgan fingerprint density at radius 1 is 0.833 bits per heavy atom. The van der Waals surface area contributed by atoms with E-state index < -0.39 is 0 Å². The Labute approximate surface area is 182 Å². The summed E-state index contributed by atoms with van der Waals surface area (Å²) in [5.41, 5.74) is 0.946. The first-order valence-electron chi connectivity index (χ1n) is 12.3. The molecule has 4 heteroatoms. The molecule has 0 N–H and O–H groups in total. The van der Waals surface area contributed by atoms with Gasteiger partial charge in [0, 0.05) is 12.1 Å². The van der Waals surface area contributed by atoms with E-state index in [-0.39, 0.29) is 11.9 Å². The van der Waals surface area contributed by atoms with Crippen LogP contribution in [0.3, 0.4) is 0 Å². The third kappa shape index (κ3) is 6.09. The lowest BCUT2D eigenvalue weighted by Gasteiger charge is -2.42. The average molecular weight is 414 g/mol. The first-order chi connectivity index (χ1) is 14.7. The summed E-state index contributed by atoms with van der Waals surface area (Å²) in [7, 11) is 0. The molecule has 30 heavy (non-hydrogen) atoms. The molecule has 0 saturated heterocycles. The van der Waals surface area contributed by atoms with Crippen LogP contribution in [0.1, 0.15) is 118 Å². The highest BCUT2D eigenvalue weighted by molar-refractivity contribution is 6.05. The second kappa shape index (κ2) is 12.1. The van der Waals surface area contributed by atoms with E-state index in [4.69, 9.17) is 4.74 Å². The molecule has 0 unspecified atom stereocenters. The molecule has 0 bridgehead atoms. The molecule has 2 aliphatic carbocycles. The lowest BCUT2D eigenvalue weighted by atomic mass is 9.87. The van der Waals surface area contributed by atoms with Gasteiger partial charge in [-0.3, -0.25) is 4.79 Å². The van der Waals surface area contributed by atoms with Gasteiger partial charge in [-0.1, -0.05) is 76.8 Å². The molecule has 2 aliphatic rings. The molecule has 0 heterocycles. The number of amides is 1. The van der Waals surface area contributed by atoms with Gasteiger partial charge >= 0.3 is 5.97 Å². The number of carbonyl (C=O) groups excluding carboxylic acids is 2. The highest BCUT2D eigenvalue weighted by Gasteiger charge is 2.34. The van der Waals surface area contributed by atoms with E-state index in [0.717, 1.165) is 51.4 Å². The molecule has 0 aliphatic heterocycles. The summed E-state index contributed by atoms with van der Waals surface area (Å²) in [6.45, 7) is 2.59. The quantitative estimate of drug-likeness (QED) is 0.341. The van der Waals surface area contributed by atoms with Crippen LogP contribution in [0.4, 0.5) is 0 Å². The molecule has 3 rings (SSSR count). The van der Waals surface area contributed by atoms with E-state index in [9.17, 15) is 9.59 Å². The van der Waals surface area contributed by atoms with Crippen molar-refractivity contribution < 1.29 is 14.3 Å². The molecule has 0 spiro atoms. The maximum Gasteiger partial charge on any atom is 0.338 e. The predicted molar refractivity (Wildman–Crippen MR) is 121 cm³/mol. The summed E-state index contributed by atoms with van der Waals surface area (Å²) < 4.78 is 5.53. The SMILES string of the molecule is CCCCCCOC(=O)c1ccccc1C(=O)N(C1CCCCC1)C1CCCCC1. The van der Waals surface area contributed by atoms with Gasteiger partial charge in [0.15, 0.2) is 0 Å². The number of carbonyl (C=O) groups is 2. The number of unbranched alkanes of at least 4 members (excludes halogenated alkanes) is 3. The minimum absolute atomic E-state index is 0.0346. The zero-order chi connectivity index (χ0) is 21.2. The molecule has 0 atom stereocenters. The second-order valence-corrected chi connectivity index (χ2v) is 9.04. The van der Waals surface area contributed by atoms with Crippen LogP contribution in [0.25, 0.3) is 0 Å². The molecule has 0 aromatic heterocycles. The molecule has 1 amide bonds. The van der Waals surface area contributed by atoms with Crippen molar-refractivity contribution in [1.82, 2.24) is 4.90 Å². The molecule has 166 valence electrons. The zero-order valence-electron chi connectivity index (χ0n) is 18.7. The molecule has 1 aromatic carbocycles. The summed E-state index contributed by atoms with van der Waals surface area (Å²) in [6, 6.07) is 7.89. The number of hydrogen-bond donors (Lipinski definition) is 0. The minimum Gasteiger partial charge on any atom is -0.462 e. The lowest BCUT2D eigenvalue weighted by Crippen LogP contribution is -2.49. The lowest BCUT2D eigenvalue weighted by molar-refractivity contribution is 0.0423. The molecule has 0 radical (unpaired) electrons. The second-order valence-electron chi connectivity index (χ2n) is 9.04. The largest absolute Gasteiger partial charge is 0.462 e. The highest BCUT2D eigenvalue weighted by atomic mass is 16.5. The molecular weight excluding hydrogens is 374 g/mol. The zero-order valence-corrected chi connectivity index (χ0v) is 18.7. The number of nitrogens with zero attached hydrogens (tertiary/aromatic N) is 1. The number of benzene rings is 1. The summed E-state index contributed by atoms with van der Waals surface area (Å²) in [5, 5.41) is 0. The van der Waals surface area contributed by atoms with Gasteiger partial charge in [0.25, 0.3) is 5.91 Å². The minimum atomic E-state index is -0.359. The Hall–Kier alpha value is -1.84. The van der Waals surface area contributed by atoms with Crippen LogP contribution in [0.2, 0.25) is 0 Å². The monoisotopic (exact) mass is 413 g/mol. The van der Waals surface area contributed by atoms with Gasteiger partial charge < -0.3 is 9.64 Å². The Morgan fingerprint density at radius 2 is 1.40 bits per heavy atom. The third-order valence-corrected chi connectivity index (χ3v) is 6.78. The number of hydrogen-bond acceptors (Lipinski definition) is 3. The Bertz CT molecular complexity index is 657. The van der Waals surface area contributed by atoms with Crippen LogP contribution < -0.4 is 0 Å². The van der Waals surface area contributed by atoms with E-state index >= 15 is 0 Å². The van der Waals surface area contributed by atoms with Crippen molar-refractivity contribution in [3.05, 3.63) is 35.4 Å². The van der Waals surface area contributed by atoms with Crippen molar-refractivity contribution in [1.29, 1.82) is 0 Å². The fourth-order valence-electron chi connectivity index (χ4n) is 5.11. The van der Waals surface area contributed by atoms with E-state index in [1.54, 1.807) is 6.07 Å². The number of rotatable bonds is 9. The summed E-state index contributed by atoms with van der Waals surface area (Å²) in [6.07, 6.45) is 15.9. The molecule has 1 aromatic rings. The van der Waals surface area contributed by atoms with Crippen LogP contribution in [0.5, 0.6) is 0 Å². The summed E-state index contributed by atoms with van der Waals surface area (Å²) in [5.74, 6) is -0.324. The molecule has 4 nitrogen and oxygen atoms in total. The van der Waals surface area contributed by atoms with Crippen LogP contribution >= 0.6 is 0 Å². The first kappa shape index (κ1) is 22.8. The van der Waals surface area contributed by atoms with Gasteiger partial charge in [-0.25, -0.2) is 4.79 Å². The van der Waals surface area contributed by atoms with Gasteiger partial charge in [0.05, 0.1) is 17.7 Å². The Balaban J connectivity index is 1.76. The summed E-state index contributed by atoms with van der Waals surface area (Å²) >= 11 is 0. The van der Waals surface area contributed by atoms with Gasteiger partial charge in [0.2, 0.25) is 0 Å². The maximum atomic E-state index is 13.8. The van der Waals surface area contributed by atoms with Crippen LogP contribution in [-0.2, 0) is 4.74 Å². The van der Waals surface area contributed by atoms with Crippen molar-refractivity contribution in [3.63, 3.8) is 0 Å². The summed E-state index contributed by atoms with van der Waals surface area (Å²) in [4.78, 5) is 28.8. The fraction of sp³-hybridized carbons (Fsp3) is 0.692. The predicted octanol–water partition coefficient (Wildman–Crippen LogP) is 6.53. The van der Waals surface area contributed by atoms with E-state index in [1.165, 1.54) is 38.5 Å². The topological polar surface area (TPSA) is 46.6 Å². The van der Waals surface area contributed by atoms with Gasteiger partial charge in [-0.2, -0.15) is 0 Å². The normalized spacial score (nSPS) is 18.2. The Morgan fingerprint density at radius 3 is 1.97 bits per heavy atom. The molecular formula is C26H39NO3. The third-order valence-electron chi connectivity index (χ3n) is 6.78. The average Bonchev–Trinajstić information content (AvgIpc) is 2.80. The van der Waals surface area contributed by atoms with E-state index in [0.29, 0.717) is 29.8 Å².